The lowest BCUT2D eigenvalue weighted by Crippen LogP contribution is -2.29. The number of thiol groups is 1. The van der Waals surface area contributed by atoms with Crippen molar-refractivity contribution in [1.82, 2.24) is 5.16 Å². The predicted octanol–water partition coefficient (Wildman–Crippen LogP) is 5.78. The van der Waals surface area contributed by atoms with Crippen LogP contribution in [0.15, 0.2) is 83.5 Å². The van der Waals surface area contributed by atoms with E-state index in [4.69, 9.17) is 16.1 Å². The quantitative estimate of drug-likeness (QED) is 0.225. The van der Waals surface area contributed by atoms with Gasteiger partial charge < -0.3 is 19.1 Å². The highest BCUT2D eigenvalue weighted by Gasteiger charge is 2.51. The normalized spacial score (nSPS) is 14.8. The van der Waals surface area contributed by atoms with Gasteiger partial charge in [-0.15, -0.1) is 0 Å². The minimum Gasteiger partial charge on any atom is -0.481 e. The maximum absolute atomic E-state index is 13.2. The van der Waals surface area contributed by atoms with Crippen LogP contribution in [-0.4, -0.2) is 26.7 Å². The van der Waals surface area contributed by atoms with Crippen LogP contribution >= 0.6 is 11.6 Å². The van der Waals surface area contributed by atoms with Gasteiger partial charge in [-0.3, -0.25) is 4.79 Å². The van der Waals surface area contributed by atoms with Gasteiger partial charge in [0.2, 0.25) is 0 Å². The number of nitrogens with zero attached hydrogens (tertiary/aromatic N) is 1. The van der Waals surface area contributed by atoms with Gasteiger partial charge in [-0.1, -0.05) is 77.4 Å². The average molecular weight is 510 g/mol. The van der Waals surface area contributed by atoms with Crippen LogP contribution in [0.3, 0.4) is 0 Å². The zero-order chi connectivity index (χ0) is 24.6. The summed E-state index contributed by atoms with van der Waals surface area (Å²) in [5.74, 6) is -0.295. The van der Waals surface area contributed by atoms with Gasteiger partial charge in [0.1, 0.15) is 5.69 Å². The molecule has 0 atom stereocenters. The summed E-state index contributed by atoms with van der Waals surface area (Å²) in [4.78, 5) is 11.6. The van der Waals surface area contributed by atoms with E-state index in [1.54, 1.807) is 24.5 Å². The molecule has 9 heteroatoms. The molecular formula is C26H24ClN3O4S. The SMILES string of the molecule is C[SH](=O)(Nc1ccccc1Cl)Nc1cnoc1-c1ccc(-c2ccc(C3(C(=O)O)CC3)cc2)cc1. The number of benzene rings is 3. The van der Waals surface area contributed by atoms with E-state index in [9.17, 15) is 14.1 Å². The summed E-state index contributed by atoms with van der Waals surface area (Å²) in [6.45, 7) is 0. The van der Waals surface area contributed by atoms with Crippen LogP contribution < -0.4 is 9.44 Å². The lowest BCUT2D eigenvalue weighted by atomic mass is 9.93. The lowest BCUT2D eigenvalue weighted by Gasteiger charge is -2.24. The second-order valence-corrected chi connectivity index (χ2v) is 11.4. The van der Waals surface area contributed by atoms with E-state index in [0.717, 1.165) is 22.3 Å². The standard InChI is InChI=1S/C26H24ClN3O4S/c1-35(33,29-22-5-3-2-4-21(22)27)30-23-16-28-34-24(23)19-8-6-17(7-9-19)18-10-12-20(13-11-18)26(14-15-26)25(31)32/h2-13,16,35H,14-15H2,1H3,(H,31,32)(H2,29,30,33). The summed E-state index contributed by atoms with van der Waals surface area (Å²) in [6, 6.07) is 22.5. The van der Waals surface area contributed by atoms with Crippen molar-refractivity contribution in [3.63, 3.8) is 0 Å². The minimum absolute atomic E-state index is 0.465. The van der Waals surface area contributed by atoms with Crippen LogP contribution in [0.4, 0.5) is 11.4 Å². The zero-order valence-electron chi connectivity index (χ0n) is 18.9. The Kier molecular flexibility index (Phi) is 5.86. The molecule has 1 saturated carbocycles. The molecule has 3 N–H and O–H groups in total. The number of carboxylic acids is 1. The van der Waals surface area contributed by atoms with Gasteiger partial charge >= 0.3 is 5.97 Å². The molecule has 3 aromatic carbocycles. The average Bonchev–Trinajstić information content (AvgIpc) is 3.55. The van der Waals surface area contributed by atoms with E-state index in [-0.39, 0.29) is 0 Å². The van der Waals surface area contributed by atoms with Crippen molar-refractivity contribution in [2.75, 3.05) is 15.7 Å². The number of carbonyl (C=O) groups is 1. The number of hydrogen-bond donors (Lipinski definition) is 4. The molecule has 180 valence electrons. The molecule has 1 heterocycles. The number of carboxylic acid groups (broad SMARTS) is 1. The highest BCUT2D eigenvalue weighted by Crippen LogP contribution is 2.48. The molecule has 4 aromatic rings. The molecule has 35 heavy (non-hydrogen) atoms. The summed E-state index contributed by atoms with van der Waals surface area (Å²) >= 11 is 6.18. The van der Waals surface area contributed by atoms with Crippen LogP contribution in [-0.2, 0) is 20.5 Å². The van der Waals surface area contributed by atoms with Gasteiger partial charge in [0.15, 0.2) is 5.76 Å². The number of aliphatic carboxylic acids is 1. The Morgan fingerprint density at radius 2 is 1.51 bits per heavy atom. The summed E-state index contributed by atoms with van der Waals surface area (Å²) in [5, 5.41) is 13.9. The summed E-state index contributed by atoms with van der Waals surface area (Å²) in [7, 11) is -3.08. The third-order valence-electron chi connectivity index (χ3n) is 6.19. The van der Waals surface area contributed by atoms with Crippen LogP contribution in [0.2, 0.25) is 5.02 Å². The Morgan fingerprint density at radius 1 is 0.943 bits per heavy atom. The number of nitrogens with one attached hydrogen (secondary N) is 2. The van der Waals surface area contributed by atoms with Crippen LogP contribution in [0.25, 0.3) is 22.5 Å². The van der Waals surface area contributed by atoms with Gasteiger partial charge in [0.25, 0.3) is 0 Å². The predicted molar refractivity (Wildman–Crippen MR) is 140 cm³/mol. The Labute approximate surface area is 208 Å². The molecule has 0 radical (unpaired) electrons. The Hall–Kier alpha value is -3.62. The third kappa shape index (κ3) is 4.67. The summed E-state index contributed by atoms with van der Waals surface area (Å²) < 4.78 is 24.6. The van der Waals surface area contributed by atoms with E-state index in [1.807, 2.05) is 54.6 Å². The fraction of sp³-hybridized carbons (Fsp3) is 0.154. The number of hydrogen-bond acceptors (Lipinski definition) is 4. The molecule has 0 amide bonds. The maximum atomic E-state index is 13.2. The molecule has 1 aliphatic carbocycles. The molecule has 1 fully saturated rings. The molecule has 1 aromatic heterocycles. The molecule has 0 unspecified atom stereocenters. The first-order chi connectivity index (χ1) is 16.8. The number of halogens is 1. The van der Waals surface area contributed by atoms with Crippen LogP contribution in [0, 0.1) is 0 Å². The van der Waals surface area contributed by atoms with Crippen molar-refractivity contribution < 1.29 is 18.6 Å². The number of anilines is 2. The molecule has 5 rings (SSSR count). The molecule has 0 bridgehead atoms. The van der Waals surface area contributed by atoms with E-state index < -0.39 is 21.7 Å². The highest BCUT2D eigenvalue weighted by molar-refractivity contribution is 8.04. The topological polar surface area (TPSA) is 104 Å². The Bertz CT molecular complexity index is 1430. The molecule has 0 aliphatic heterocycles. The smallest absolute Gasteiger partial charge is 0.314 e. The fourth-order valence-corrected chi connectivity index (χ4v) is 5.69. The number of rotatable bonds is 8. The van der Waals surface area contributed by atoms with E-state index in [2.05, 4.69) is 14.6 Å². The Morgan fingerprint density at radius 3 is 2.11 bits per heavy atom. The molecule has 0 spiro atoms. The molecule has 0 saturated heterocycles. The largest absolute Gasteiger partial charge is 0.481 e. The lowest BCUT2D eigenvalue weighted by molar-refractivity contribution is -0.140. The second kappa shape index (κ2) is 8.87. The van der Waals surface area contributed by atoms with Gasteiger partial charge in [0.05, 0.1) is 22.3 Å². The first kappa shape index (κ1) is 23.1. The van der Waals surface area contributed by atoms with Crippen molar-refractivity contribution in [3.05, 3.63) is 89.6 Å². The first-order valence-corrected chi connectivity index (χ1v) is 13.6. The maximum Gasteiger partial charge on any atom is 0.314 e. The molecule has 1 aliphatic rings. The van der Waals surface area contributed by atoms with Crippen molar-refractivity contribution >= 4 is 39.2 Å². The number of para-hydroxylation sites is 1. The van der Waals surface area contributed by atoms with Crippen molar-refractivity contribution in [2.24, 2.45) is 0 Å². The molecular weight excluding hydrogens is 486 g/mol. The van der Waals surface area contributed by atoms with Crippen LogP contribution in [0.1, 0.15) is 18.4 Å². The highest BCUT2D eigenvalue weighted by atomic mass is 35.5. The van der Waals surface area contributed by atoms with Crippen molar-refractivity contribution in [1.29, 1.82) is 0 Å². The minimum atomic E-state index is -3.08. The van der Waals surface area contributed by atoms with Crippen molar-refractivity contribution in [3.8, 4) is 22.5 Å². The van der Waals surface area contributed by atoms with Gasteiger partial charge in [-0.05, 0) is 41.7 Å². The monoisotopic (exact) mass is 509 g/mol. The van der Waals surface area contributed by atoms with E-state index in [0.29, 0.717) is 35.0 Å². The Balaban J connectivity index is 1.33. The van der Waals surface area contributed by atoms with Crippen LogP contribution in [0.5, 0.6) is 0 Å². The van der Waals surface area contributed by atoms with E-state index in [1.165, 1.54) is 6.20 Å². The third-order valence-corrected chi connectivity index (χ3v) is 7.85. The molecule has 7 nitrogen and oxygen atoms in total. The summed E-state index contributed by atoms with van der Waals surface area (Å²) in [5.41, 5.74) is 3.93. The first-order valence-electron chi connectivity index (χ1n) is 11.1. The zero-order valence-corrected chi connectivity index (χ0v) is 20.5. The van der Waals surface area contributed by atoms with Crippen molar-refractivity contribution in [2.45, 2.75) is 18.3 Å². The second-order valence-electron chi connectivity index (χ2n) is 8.74. The summed E-state index contributed by atoms with van der Waals surface area (Å²) in [6.07, 6.45) is 4.42. The number of aromatic nitrogens is 1. The van der Waals surface area contributed by atoms with E-state index >= 15 is 0 Å². The van der Waals surface area contributed by atoms with Gasteiger partial charge in [-0.25, -0.2) is 4.21 Å². The van der Waals surface area contributed by atoms with Gasteiger partial charge in [0, 0.05) is 22.1 Å². The van der Waals surface area contributed by atoms with Gasteiger partial charge in [-0.2, -0.15) is 0 Å². The fourth-order valence-electron chi connectivity index (χ4n) is 4.11.